The van der Waals surface area contributed by atoms with Crippen LogP contribution < -0.4 is 0 Å². The minimum Gasteiger partial charge on any atom is -0.465 e. The van der Waals surface area contributed by atoms with Crippen LogP contribution in [-0.2, 0) is 9.53 Å². The second-order valence-electron chi connectivity index (χ2n) is 3.41. The number of benzene rings is 1. The lowest BCUT2D eigenvalue weighted by molar-refractivity contribution is -0.149. The summed E-state index contributed by atoms with van der Waals surface area (Å²) in [4.78, 5) is 11.4. The predicted octanol–water partition coefficient (Wildman–Crippen LogP) is 2.25. The molecule has 1 aliphatic heterocycles. The van der Waals surface area contributed by atoms with Crippen LogP contribution in [0.5, 0.6) is 0 Å². The number of halogens is 1. The largest absolute Gasteiger partial charge is 0.465 e. The minimum absolute atomic E-state index is 0.192. The molecule has 0 N–H and O–H groups in total. The molecule has 0 amide bonds. The Morgan fingerprint density at radius 3 is 2.64 bits per heavy atom. The van der Waals surface area contributed by atoms with Crippen molar-refractivity contribution in [1.29, 1.82) is 0 Å². The number of carbonyl (C=O) groups is 1. The van der Waals surface area contributed by atoms with E-state index < -0.39 is 0 Å². The summed E-state index contributed by atoms with van der Waals surface area (Å²) < 4.78 is 17.6. The SMILES string of the molecule is O=C1OCCCC1c1ccc(F)cc1. The van der Waals surface area contributed by atoms with Gasteiger partial charge in [-0.2, -0.15) is 0 Å². The molecule has 1 heterocycles. The summed E-state index contributed by atoms with van der Waals surface area (Å²) in [5.41, 5.74) is 0.844. The zero-order chi connectivity index (χ0) is 9.97. The average Bonchev–Trinajstić information content (AvgIpc) is 2.20. The Morgan fingerprint density at radius 2 is 2.00 bits per heavy atom. The molecule has 0 radical (unpaired) electrons. The zero-order valence-electron chi connectivity index (χ0n) is 7.70. The molecule has 14 heavy (non-hydrogen) atoms. The smallest absolute Gasteiger partial charge is 0.313 e. The number of carbonyl (C=O) groups excluding carboxylic acids is 1. The van der Waals surface area contributed by atoms with E-state index in [-0.39, 0.29) is 17.7 Å². The quantitative estimate of drug-likeness (QED) is 0.641. The van der Waals surface area contributed by atoms with E-state index in [1.807, 2.05) is 0 Å². The van der Waals surface area contributed by atoms with Crippen molar-refractivity contribution in [2.75, 3.05) is 6.61 Å². The van der Waals surface area contributed by atoms with Crippen molar-refractivity contribution in [1.82, 2.24) is 0 Å². The summed E-state index contributed by atoms with van der Waals surface area (Å²) in [6.45, 7) is 0.510. The van der Waals surface area contributed by atoms with E-state index in [1.165, 1.54) is 12.1 Å². The molecular formula is C11H11FO2. The lowest BCUT2D eigenvalue weighted by Gasteiger charge is -2.20. The number of rotatable bonds is 1. The van der Waals surface area contributed by atoms with Crippen LogP contribution >= 0.6 is 0 Å². The fraction of sp³-hybridized carbons (Fsp3) is 0.364. The van der Waals surface area contributed by atoms with Gasteiger partial charge in [-0.1, -0.05) is 12.1 Å². The van der Waals surface area contributed by atoms with Gasteiger partial charge in [0.15, 0.2) is 0 Å². The van der Waals surface area contributed by atoms with Crippen LogP contribution in [0.4, 0.5) is 4.39 Å². The van der Waals surface area contributed by atoms with Gasteiger partial charge in [-0.15, -0.1) is 0 Å². The Hall–Kier alpha value is -1.38. The van der Waals surface area contributed by atoms with Gasteiger partial charge in [-0.3, -0.25) is 4.79 Å². The van der Waals surface area contributed by atoms with E-state index in [4.69, 9.17) is 4.74 Å². The van der Waals surface area contributed by atoms with Crippen molar-refractivity contribution in [3.05, 3.63) is 35.6 Å². The van der Waals surface area contributed by atoms with E-state index in [1.54, 1.807) is 12.1 Å². The first-order chi connectivity index (χ1) is 6.77. The van der Waals surface area contributed by atoms with Crippen molar-refractivity contribution >= 4 is 5.97 Å². The fourth-order valence-electron chi connectivity index (χ4n) is 1.68. The Morgan fingerprint density at radius 1 is 1.29 bits per heavy atom. The third-order valence-electron chi connectivity index (χ3n) is 2.44. The van der Waals surface area contributed by atoms with Gasteiger partial charge in [0.2, 0.25) is 0 Å². The first-order valence-corrected chi connectivity index (χ1v) is 4.69. The van der Waals surface area contributed by atoms with Gasteiger partial charge in [-0.05, 0) is 30.5 Å². The van der Waals surface area contributed by atoms with Crippen LogP contribution in [0.1, 0.15) is 24.3 Å². The molecule has 0 bridgehead atoms. The molecule has 0 spiro atoms. The van der Waals surface area contributed by atoms with E-state index in [0.29, 0.717) is 6.61 Å². The van der Waals surface area contributed by atoms with Crippen molar-refractivity contribution < 1.29 is 13.9 Å². The first kappa shape index (κ1) is 9.19. The molecule has 2 rings (SSSR count). The van der Waals surface area contributed by atoms with Gasteiger partial charge in [0.05, 0.1) is 12.5 Å². The normalized spacial score (nSPS) is 21.8. The monoisotopic (exact) mass is 194 g/mol. The van der Waals surface area contributed by atoms with Crippen LogP contribution in [-0.4, -0.2) is 12.6 Å². The summed E-state index contributed by atoms with van der Waals surface area (Å²) in [5, 5.41) is 0. The summed E-state index contributed by atoms with van der Waals surface area (Å²) >= 11 is 0. The molecule has 3 heteroatoms. The van der Waals surface area contributed by atoms with Gasteiger partial charge in [-0.25, -0.2) is 4.39 Å². The van der Waals surface area contributed by atoms with Gasteiger partial charge in [0.1, 0.15) is 5.82 Å². The van der Waals surface area contributed by atoms with Crippen LogP contribution in [0.25, 0.3) is 0 Å². The fourth-order valence-corrected chi connectivity index (χ4v) is 1.68. The van der Waals surface area contributed by atoms with Crippen molar-refractivity contribution in [2.24, 2.45) is 0 Å². The Labute approximate surface area is 81.7 Å². The maximum atomic E-state index is 12.6. The topological polar surface area (TPSA) is 26.3 Å². The van der Waals surface area contributed by atoms with Crippen LogP contribution in [0.2, 0.25) is 0 Å². The number of ether oxygens (including phenoxy) is 1. The molecule has 1 saturated heterocycles. The molecule has 1 unspecified atom stereocenters. The van der Waals surface area contributed by atoms with Crippen LogP contribution in [0, 0.1) is 5.82 Å². The van der Waals surface area contributed by atoms with Crippen molar-refractivity contribution in [3.63, 3.8) is 0 Å². The van der Waals surface area contributed by atoms with Crippen molar-refractivity contribution in [2.45, 2.75) is 18.8 Å². The van der Waals surface area contributed by atoms with Gasteiger partial charge < -0.3 is 4.74 Å². The number of esters is 1. The highest BCUT2D eigenvalue weighted by atomic mass is 19.1. The predicted molar refractivity (Wildman–Crippen MR) is 49.3 cm³/mol. The number of cyclic esters (lactones) is 1. The van der Waals surface area contributed by atoms with Gasteiger partial charge in [0, 0.05) is 0 Å². The summed E-state index contributed by atoms with van der Waals surface area (Å²) in [6, 6.07) is 6.04. The van der Waals surface area contributed by atoms with Crippen LogP contribution in [0.3, 0.4) is 0 Å². The molecule has 1 aliphatic rings. The van der Waals surface area contributed by atoms with E-state index in [0.717, 1.165) is 18.4 Å². The third kappa shape index (κ3) is 1.76. The standard InChI is InChI=1S/C11H11FO2/c12-9-5-3-8(4-6-9)10-2-1-7-14-11(10)13/h3-6,10H,1-2,7H2. The highest BCUT2D eigenvalue weighted by Crippen LogP contribution is 2.26. The molecule has 0 saturated carbocycles. The van der Waals surface area contributed by atoms with Crippen LogP contribution in [0.15, 0.2) is 24.3 Å². The lowest BCUT2D eigenvalue weighted by atomic mass is 9.93. The Kier molecular flexibility index (Phi) is 2.48. The number of hydrogen-bond donors (Lipinski definition) is 0. The lowest BCUT2D eigenvalue weighted by Crippen LogP contribution is -2.22. The van der Waals surface area contributed by atoms with Crippen molar-refractivity contribution in [3.8, 4) is 0 Å². The third-order valence-corrected chi connectivity index (χ3v) is 2.44. The highest BCUT2D eigenvalue weighted by molar-refractivity contribution is 5.78. The van der Waals surface area contributed by atoms with E-state index in [2.05, 4.69) is 0 Å². The maximum absolute atomic E-state index is 12.6. The van der Waals surface area contributed by atoms with E-state index >= 15 is 0 Å². The van der Waals surface area contributed by atoms with Gasteiger partial charge in [0.25, 0.3) is 0 Å². The summed E-state index contributed by atoms with van der Waals surface area (Å²) in [7, 11) is 0. The molecule has 0 aromatic heterocycles. The summed E-state index contributed by atoms with van der Waals surface area (Å²) in [6.07, 6.45) is 1.68. The molecule has 0 aliphatic carbocycles. The highest BCUT2D eigenvalue weighted by Gasteiger charge is 2.25. The molecule has 74 valence electrons. The van der Waals surface area contributed by atoms with E-state index in [9.17, 15) is 9.18 Å². The Bertz CT molecular complexity index is 332. The second-order valence-corrected chi connectivity index (χ2v) is 3.41. The molecule has 1 aromatic carbocycles. The Balaban J connectivity index is 2.20. The molecule has 2 nitrogen and oxygen atoms in total. The zero-order valence-corrected chi connectivity index (χ0v) is 7.70. The molecule has 1 aromatic rings. The number of hydrogen-bond acceptors (Lipinski definition) is 2. The van der Waals surface area contributed by atoms with Gasteiger partial charge >= 0.3 is 5.97 Å². The average molecular weight is 194 g/mol. The molecular weight excluding hydrogens is 183 g/mol. The second kappa shape index (κ2) is 3.78. The first-order valence-electron chi connectivity index (χ1n) is 4.69. The minimum atomic E-state index is -0.280. The maximum Gasteiger partial charge on any atom is 0.313 e. The molecule has 1 atom stereocenters. The molecule has 1 fully saturated rings. The summed E-state index contributed by atoms with van der Waals surface area (Å²) in [5.74, 6) is -0.676.